The number of fused-ring (bicyclic) bond motifs is 7. The summed E-state index contributed by atoms with van der Waals surface area (Å²) in [5, 5.41) is 96.1. The highest BCUT2D eigenvalue weighted by atomic mass is 16.8. The Morgan fingerprint density at radius 1 is 0.635 bits per heavy atom. The Hall–Kier alpha value is -0.780. The smallest absolute Gasteiger partial charge is 0.187 e. The van der Waals surface area contributed by atoms with Crippen molar-refractivity contribution in [2.24, 2.45) is 45.3 Å². The van der Waals surface area contributed by atoms with Crippen molar-refractivity contribution >= 4 is 0 Å². The Bertz CT molecular complexity index is 1330. The van der Waals surface area contributed by atoms with Crippen molar-refractivity contribution in [1.29, 1.82) is 0 Å². The van der Waals surface area contributed by atoms with Gasteiger partial charge in [-0.1, -0.05) is 46.3 Å². The minimum absolute atomic E-state index is 0.0576. The molecule has 7 aliphatic rings. The summed E-state index contributed by atoms with van der Waals surface area (Å²) >= 11 is 0. The number of hydrogen-bond acceptors (Lipinski definition) is 13. The molecule has 298 valence electrons. The maximum atomic E-state index is 12.1. The molecule has 2 saturated heterocycles. The Labute approximate surface area is 306 Å². The summed E-state index contributed by atoms with van der Waals surface area (Å²) < 4.78 is 23.7. The molecule has 0 amide bonds. The Morgan fingerprint density at radius 2 is 1.25 bits per heavy atom. The van der Waals surface area contributed by atoms with Gasteiger partial charge in [0.1, 0.15) is 48.8 Å². The molecule has 9 N–H and O–H groups in total. The number of rotatable bonds is 6. The van der Waals surface area contributed by atoms with Crippen molar-refractivity contribution in [3.8, 4) is 0 Å². The van der Waals surface area contributed by atoms with E-state index in [1.165, 1.54) is 0 Å². The molecule has 9 unspecified atom stereocenters. The molecule has 0 bridgehead atoms. The van der Waals surface area contributed by atoms with Gasteiger partial charge in [0.2, 0.25) is 0 Å². The zero-order valence-electron chi connectivity index (χ0n) is 31.3. The van der Waals surface area contributed by atoms with Crippen LogP contribution in [0.15, 0.2) is 11.6 Å². The van der Waals surface area contributed by atoms with Crippen LogP contribution in [0.1, 0.15) is 92.4 Å². The van der Waals surface area contributed by atoms with E-state index in [1.54, 1.807) is 5.57 Å². The quantitative estimate of drug-likeness (QED) is 0.136. The second-order valence-corrected chi connectivity index (χ2v) is 19.1. The van der Waals surface area contributed by atoms with E-state index in [0.717, 1.165) is 51.4 Å². The van der Waals surface area contributed by atoms with E-state index in [0.29, 0.717) is 24.2 Å². The second-order valence-electron chi connectivity index (χ2n) is 19.1. The summed E-state index contributed by atoms with van der Waals surface area (Å²) in [6, 6.07) is 0. The summed E-state index contributed by atoms with van der Waals surface area (Å²) in [6.45, 7) is 10.4. The van der Waals surface area contributed by atoms with Crippen molar-refractivity contribution in [3.05, 3.63) is 11.6 Å². The van der Waals surface area contributed by atoms with Gasteiger partial charge in [0.15, 0.2) is 12.6 Å². The lowest BCUT2D eigenvalue weighted by molar-refractivity contribution is -0.376. The minimum Gasteiger partial charge on any atom is -0.394 e. The second kappa shape index (κ2) is 14.0. The van der Waals surface area contributed by atoms with E-state index in [2.05, 4.69) is 40.7 Å². The molecule has 7 rings (SSSR count). The molecule has 0 aromatic rings. The van der Waals surface area contributed by atoms with Gasteiger partial charge in [0.05, 0.1) is 31.5 Å². The normalized spacial score (nSPS) is 56.0. The van der Waals surface area contributed by atoms with Gasteiger partial charge in [-0.05, 0) is 97.7 Å². The largest absolute Gasteiger partial charge is 0.394 e. The van der Waals surface area contributed by atoms with Gasteiger partial charge in [-0.3, -0.25) is 0 Å². The van der Waals surface area contributed by atoms with Crippen molar-refractivity contribution in [1.82, 2.24) is 0 Å². The van der Waals surface area contributed by atoms with Crippen LogP contribution in [0.25, 0.3) is 0 Å². The third kappa shape index (κ3) is 6.17. The van der Waals surface area contributed by atoms with Gasteiger partial charge in [0.25, 0.3) is 0 Å². The van der Waals surface area contributed by atoms with Crippen LogP contribution in [0.2, 0.25) is 0 Å². The van der Waals surface area contributed by atoms with E-state index in [9.17, 15) is 46.0 Å². The predicted molar refractivity (Wildman–Crippen MR) is 185 cm³/mol. The highest BCUT2D eigenvalue weighted by Crippen LogP contribution is 2.70. The first-order chi connectivity index (χ1) is 24.4. The lowest BCUT2D eigenvalue weighted by Gasteiger charge is -2.67. The van der Waals surface area contributed by atoms with Crippen molar-refractivity contribution in [2.75, 3.05) is 13.2 Å². The van der Waals surface area contributed by atoms with Crippen LogP contribution in [0.5, 0.6) is 0 Å². The predicted octanol–water partition coefficient (Wildman–Crippen LogP) is 0.733. The van der Waals surface area contributed by atoms with Gasteiger partial charge in [0, 0.05) is 5.41 Å². The van der Waals surface area contributed by atoms with Crippen molar-refractivity contribution in [3.63, 3.8) is 0 Å². The summed E-state index contributed by atoms with van der Waals surface area (Å²) in [4.78, 5) is 0. The van der Waals surface area contributed by atoms with Gasteiger partial charge >= 0.3 is 0 Å². The minimum atomic E-state index is -1.77. The molecule has 6 fully saturated rings. The van der Waals surface area contributed by atoms with Crippen LogP contribution >= 0.6 is 0 Å². The molecule has 2 aliphatic heterocycles. The van der Waals surface area contributed by atoms with E-state index < -0.39 is 86.8 Å². The fourth-order valence-corrected chi connectivity index (χ4v) is 12.5. The van der Waals surface area contributed by atoms with Crippen LogP contribution in [0.4, 0.5) is 0 Å². The lowest BCUT2D eigenvalue weighted by Crippen LogP contribution is -2.66. The number of aliphatic hydroxyl groups is 9. The number of allylic oxidation sites excluding steroid dienone is 2. The average molecular weight is 741 g/mol. The van der Waals surface area contributed by atoms with Crippen LogP contribution in [0.3, 0.4) is 0 Å². The van der Waals surface area contributed by atoms with E-state index in [1.807, 2.05) is 0 Å². The first-order valence-corrected chi connectivity index (χ1v) is 19.7. The third-order valence-corrected chi connectivity index (χ3v) is 15.7. The molecule has 52 heavy (non-hydrogen) atoms. The van der Waals surface area contributed by atoms with Crippen LogP contribution < -0.4 is 0 Å². The molecule has 4 saturated carbocycles. The van der Waals surface area contributed by atoms with Gasteiger partial charge in [-0.15, -0.1) is 0 Å². The molecular formula is C39H64O13. The Morgan fingerprint density at radius 3 is 1.92 bits per heavy atom. The maximum Gasteiger partial charge on any atom is 0.187 e. The SMILES string of the molecule is CC1(C)CC2C3=CCC4[C@@](C)(CCC5[C@@H](O)C(O[C@@H]6OC(CO)[C@H](O)[C@H](O)C6O[C@@H]6OC(CO)[C@H](O)[C@H](O)C6O)CC[C@@]54C)C3CC[C@@]2(C)[C@H](O)C1. The Kier molecular flexibility index (Phi) is 10.6. The first kappa shape index (κ1) is 39.5. The molecule has 0 spiro atoms. The summed E-state index contributed by atoms with van der Waals surface area (Å²) in [5.41, 5.74) is 1.42. The third-order valence-electron chi connectivity index (χ3n) is 15.7. The van der Waals surface area contributed by atoms with Gasteiger partial charge in [-0.2, -0.15) is 0 Å². The molecule has 13 nitrogen and oxygen atoms in total. The molecular weight excluding hydrogens is 676 g/mol. The summed E-state index contributed by atoms with van der Waals surface area (Å²) in [6.07, 6.45) is -6.87. The molecule has 0 radical (unpaired) electrons. The number of hydrogen-bond donors (Lipinski definition) is 9. The van der Waals surface area contributed by atoms with Crippen molar-refractivity contribution < 1.29 is 64.9 Å². The molecule has 0 aromatic heterocycles. The topological polar surface area (TPSA) is 219 Å². The standard InChI is InChI=1S/C39H64O13/c1-36(2)14-21-18-6-7-25-37(3,19(18)8-12-39(21,5)26(42)15-36)11-9-20-27(43)22(10-13-38(20,25)4)49-35-33(31(47)29(45)24(17-41)51-35)52-34-32(48)30(46)28(44)23(16-40)50-34/h6,19-35,40-48H,7-17H2,1-5H3/t19?,20?,21?,22?,23?,24?,25?,26-,27-,28+,29+,30+,31+,32?,33?,34+,35-,37+,38+,39-/m1/s1. The molecule has 5 aliphatic carbocycles. The van der Waals surface area contributed by atoms with E-state index in [-0.39, 0.29) is 33.7 Å². The van der Waals surface area contributed by atoms with Crippen molar-refractivity contribution in [2.45, 2.75) is 172 Å². The molecule has 20 atom stereocenters. The zero-order chi connectivity index (χ0) is 37.7. The summed E-state index contributed by atoms with van der Waals surface area (Å²) in [7, 11) is 0. The monoisotopic (exact) mass is 740 g/mol. The van der Waals surface area contributed by atoms with Crippen LogP contribution in [0, 0.1) is 45.3 Å². The summed E-state index contributed by atoms with van der Waals surface area (Å²) in [5.74, 6) is 1.07. The Balaban J connectivity index is 1.10. The van der Waals surface area contributed by atoms with E-state index in [4.69, 9.17) is 18.9 Å². The lowest BCUT2D eigenvalue weighted by atomic mass is 9.39. The van der Waals surface area contributed by atoms with Gasteiger partial charge in [-0.25, -0.2) is 0 Å². The fraction of sp³-hybridized carbons (Fsp3) is 0.949. The average Bonchev–Trinajstić information content (AvgIpc) is 3.09. The molecule has 13 heteroatoms. The number of aliphatic hydroxyl groups excluding tert-OH is 9. The number of ether oxygens (including phenoxy) is 4. The fourth-order valence-electron chi connectivity index (χ4n) is 12.5. The van der Waals surface area contributed by atoms with E-state index >= 15 is 0 Å². The molecule has 2 heterocycles. The zero-order valence-corrected chi connectivity index (χ0v) is 31.3. The van der Waals surface area contributed by atoms with Gasteiger partial charge < -0.3 is 64.9 Å². The maximum absolute atomic E-state index is 12.1. The first-order valence-electron chi connectivity index (χ1n) is 19.7. The molecule has 0 aromatic carbocycles. The van der Waals surface area contributed by atoms with Crippen LogP contribution in [-0.2, 0) is 18.9 Å². The highest BCUT2D eigenvalue weighted by Gasteiger charge is 2.64. The van der Waals surface area contributed by atoms with Crippen LogP contribution in [-0.4, -0.2) is 139 Å². The highest BCUT2D eigenvalue weighted by molar-refractivity contribution is 5.29.